The van der Waals surface area contributed by atoms with E-state index >= 15 is 0 Å². The lowest BCUT2D eigenvalue weighted by Gasteiger charge is -2.33. The van der Waals surface area contributed by atoms with Gasteiger partial charge in [-0.15, -0.1) is 0 Å². The van der Waals surface area contributed by atoms with Crippen molar-refractivity contribution in [1.82, 2.24) is 5.32 Å². The molecule has 220 valence electrons. The predicted octanol–water partition coefficient (Wildman–Crippen LogP) is 5.93. The highest BCUT2D eigenvalue weighted by molar-refractivity contribution is 5.81. The highest BCUT2D eigenvalue weighted by Crippen LogP contribution is 2.32. The quantitative estimate of drug-likeness (QED) is 0.110. The molecule has 0 aliphatic carbocycles. The van der Waals surface area contributed by atoms with Crippen LogP contribution in [0, 0.1) is 0 Å². The average Bonchev–Trinajstić information content (AvgIpc) is 2.79. The van der Waals surface area contributed by atoms with Crippen molar-refractivity contribution in [2.45, 2.75) is 124 Å². The molecular weight excluding hydrogens is 506 g/mol. The van der Waals surface area contributed by atoms with Crippen LogP contribution in [-0.2, 0) is 30.3 Å². The molecule has 1 aromatic rings. The molecular formula is C29H45NO9. The standard InChI is InChI=1S/C29H45NO9/c1-8-10-12-14-24(31)36-22-17-16-21(18-23(22)37-25(32)15-13-11-9-2)19-29(26(33)34,30-20(3)4)39-27(35)38-28(5,6)7/h16-18,20,30H,8-15,19H2,1-7H3,(H,33,34)/t29-/m0/s1. The van der Waals surface area contributed by atoms with E-state index in [1.54, 1.807) is 34.6 Å². The molecule has 39 heavy (non-hydrogen) atoms. The Morgan fingerprint density at radius 2 is 1.38 bits per heavy atom. The van der Waals surface area contributed by atoms with Gasteiger partial charge in [-0.05, 0) is 65.2 Å². The van der Waals surface area contributed by atoms with E-state index < -0.39 is 35.4 Å². The van der Waals surface area contributed by atoms with E-state index in [4.69, 9.17) is 18.9 Å². The van der Waals surface area contributed by atoms with Gasteiger partial charge in [0.1, 0.15) is 5.60 Å². The number of carbonyl (C=O) groups is 4. The van der Waals surface area contributed by atoms with Crippen molar-refractivity contribution in [3.05, 3.63) is 23.8 Å². The van der Waals surface area contributed by atoms with Gasteiger partial charge < -0.3 is 24.1 Å². The molecule has 0 aliphatic heterocycles. The summed E-state index contributed by atoms with van der Waals surface area (Å²) in [6.45, 7) is 12.4. The van der Waals surface area contributed by atoms with Crippen LogP contribution in [0.4, 0.5) is 4.79 Å². The minimum absolute atomic E-state index is 0.0149. The Morgan fingerprint density at radius 3 is 1.85 bits per heavy atom. The van der Waals surface area contributed by atoms with E-state index in [2.05, 4.69) is 5.32 Å². The normalized spacial score (nSPS) is 12.9. The fourth-order valence-corrected chi connectivity index (χ4v) is 3.68. The number of hydrogen-bond donors (Lipinski definition) is 2. The second kappa shape index (κ2) is 16.1. The summed E-state index contributed by atoms with van der Waals surface area (Å²) in [6, 6.07) is 4.01. The van der Waals surface area contributed by atoms with Crippen LogP contribution in [0.2, 0.25) is 0 Å². The molecule has 2 N–H and O–H groups in total. The Hall–Kier alpha value is -3.14. The molecule has 0 saturated heterocycles. The van der Waals surface area contributed by atoms with Crippen molar-refractivity contribution in [3.8, 4) is 11.5 Å². The molecule has 0 amide bonds. The summed E-state index contributed by atoms with van der Waals surface area (Å²) in [5.74, 6) is -2.37. The Kier molecular flexibility index (Phi) is 14.0. The van der Waals surface area contributed by atoms with Gasteiger partial charge in [-0.25, -0.2) is 9.59 Å². The first-order valence-electron chi connectivity index (χ1n) is 13.7. The maximum Gasteiger partial charge on any atom is 0.511 e. The van der Waals surface area contributed by atoms with Crippen LogP contribution in [0.25, 0.3) is 0 Å². The van der Waals surface area contributed by atoms with E-state index in [-0.39, 0.29) is 36.8 Å². The number of esters is 2. The lowest BCUT2D eigenvalue weighted by molar-refractivity contribution is -0.169. The van der Waals surface area contributed by atoms with E-state index in [0.717, 1.165) is 25.7 Å². The van der Waals surface area contributed by atoms with Gasteiger partial charge in [0.25, 0.3) is 5.72 Å². The molecule has 10 nitrogen and oxygen atoms in total. The minimum Gasteiger partial charge on any atom is -0.477 e. The maximum atomic E-state index is 12.5. The molecule has 1 atom stereocenters. The molecule has 0 aromatic heterocycles. The maximum absolute atomic E-state index is 12.5. The highest BCUT2D eigenvalue weighted by atomic mass is 16.8. The molecule has 0 saturated carbocycles. The van der Waals surface area contributed by atoms with Gasteiger partial charge in [-0.3, -0.25) is 14.9 Å². The third-order valence-corrected chi connectivity index (χ3v) is 5.39. The number of benzene rings is 1. The summed E-state index contributed by atoms with van der Waals surface area (Å²) in [7, 11) is 0. The second-order valence-electron chi connectivity index (χ2n) is 10.8. The largest absolute Gasteiger partial charge is 0.511 e. The molecule has 1 aromatic carbocycles. The number of carboxylic acid groups (broad SMARTS) is 1. The summed E-state index contributed by atoms with van der Waals surface area (Å²) in [4.78, 5) is 49.8. The zero-order valence-electron chi connectivity index (χ0n) is 24.4. The van der Waals surface area contributed by atoms with Crippen LogP contribution in [-0.4, -0.2) is 46.5 Å². The fourth-order valence-electron chi connectivity index (χ4n) is 3.68. The number of aliphatic carboxylic acids is 1. The Morgan fingerprint density at radius 1 is 0.846 bits per heavy atom. The minimum atomic E-state index is -2.18. The van der Waals surface area contributed by atoms with Crippen molar-refractivity contribution in [1.29, 1.82) is 0 Å². The van der Waals surface area contributed by atoms with E-state index in [1.165, 1.54) is 18.2 Å². The monoisotopic (exact) mass is 551 g/mol. The number of hydrogen-bond acceptors (Lipinski definition) is 9. The SMILES string of the molecule is CCCCCC(=O)Oc1ccc(C[C@](NC(C)C)(OC(=O)OC(C)(C)C)C(=O)O)cc1OC(=O)CCCCC. The van der Waals surface area contributed by atoms with Crippen LogP contribution < -0.4 is 14.8 Å². The molecule has 0 bridgehead atoms. The number of carbonyl (C=O) groups excluding carboxylic acids is 3. The summed E-state index contributed by atoms with van der Waals surface area (Å²) in [6.07, 6.45) is 3.84. The van der Waals surface area contributed by atoms with Crippen molar-refractivity contribution >= 4 is 24.1 Å². The Bertz CT molecular complexity index is 968. The molecule has 1 rings (SSSR count). The number of carboxylic acids is 1. The molecule has 0 spiro atoms. The van der Waals surface area contributed by atoms with Gasteiger partial charge >= 0.3 is 24.1 Å². The van der Waals surface area contributed by atoms with E-state index in [9.17, 15) is 24.3 Å². The van der Waals surface area contributed by atoms with Gasteiger partial charge in [0.15, 0.2) is 11.5 Å². The molecule has 0 unspecified atom stereocenters. The van der Waals surface area contributed by atoms with Crippen LogP contribution in [0.15, 0.2) is 18.2 Å². The van der Waals surface area contributed by atoms with Gasteiger partial charge in [0, 0.05) is 25.3 Å². The van der Waals surface area contributed by atoms with Crippen molar-refractivity contribution in [2.75, 3.05) is 0 Å². The first kappa shape index (κ1) is 33.9. The summed E-state index contributed by atoms with van der Waals surface area (Å²) >= 11 is 0. The molecule has 0 fully saturated rings. The first-order valence-corrected chi connectivity index (χ1v) is 13.7. The third kappa shape index (κ3) is 13.0. The first-order chi connectivity index (χ1) is 18.2. The van der Waals surface area contributed by atoms with E-state index in [0.29, 0.717) is 18.4 Å². The van der Waals surface area contributed by atoms with Gasteiger partial charge in [-0.1, -0.05) is 45.6 Å². The molecule has 0 aliphatic rings. The zero-order valence-corrected chi connectivity index (χ0v) is 24.4. The average molecular weight is 552 g/mol. The van der Waals surface area contributed by atoms with Gasteiger partial charge in [-0.2, -0.15) is 0 Å². The Balaban J connectivity index is 3.35. The number of rotatable bonds is 16. The third-order valence-electron chi connectivity index (χ3n) is 5.39. The van der Waals surface area contributed by atoms with Crippen LogP contribution in [0.5, 0.6) is 11.5 Å². The number of nitrogens with one attached hydrogen (secondary N) is 1. The smallest absolute Gasteiger partial charge is 0.477 e. The summed E-state index contributed by atoms with van der Waals surface area (Å²) in [5, 5.41) is 13.0. The predicted molar refractivity (Wildman–Crippen MR) is 146 cm³/mol. The molecule has 0 radical (unpaired) electrons. The number of ether oxygens (including phenoxy) is 4. The van der Waals surface area contributed by atoms with E-state index in [1.807, 2.05) is 13.8 Å². The fraction of sp³-hybridized carbons (Fsp3) is 0.655. The van der Waals surface area contributed by atoms with Crippen LogP contribution in [0.3, 0.4) is 0 Å². The van der Waals surface area contributed by atoms with Gasteiger partial charge in [0.05, 0.1) is 0 Å². The molecule has 10 heteroatoms. The summed E-state index contributed by atoms with van der Waals surface area (Å²) in [5.41, 5.74) is -2.73. The van der Waals surface area contributed by atoms with Crippen LogP contribution >= 0.6 is 0 Å². The lowest BCUT2D eigenvalue weighted by atomic mass is 10.0. The lowest BCUT2D eigenvalue weighted by Crippen LogP contribution is -2.59. The van der Waals surface area contributed by atoms with Crippen molar-refractivity contribution in [3.63, 3.8) is 0 Å². The molecule has 0 heterocycles. The number of unbranched alkanes of at least 4 members (excludes halogenated alkanes) is 4. The van der Waals surface area contributed by atoms with Gasteiger partial charge in [0.2, 0.25) is 0 Å². The topological polar surface area (TPSA) is 137 Å². The zero-order chi connectivity index (χ0) is 29.6. The Labute approximate surface area is 231 Å². The van der Waals surface area contributed by atoms with Crippen molar-refractivity contribution in [2.24, 2.45) is 0 Å². The highest BCUT2D eigenvalue weighted by Gasteiger charge is 2.45. The van der Waals surface area contributed by atoms with Crippen LogP contribution in [0.1, 0.15) is 105 Å². The van der Waals surface area contributed by atoms with Crippen molar-refractivity contribution < 1.29 is 43.2 Å². The summed E-state index contributed by atoms with van der Waals surface area (Å²) < 4.78 is 21.6. The second-order valence-corrected chi connectivity index (χ2v) is 10.8.